The van der Waals surface area contributed by atoms with E-state index < -0.39 is 0 Å². The van der Waals surface area contributed by atoms with Crippen LogP contribution in [0, 0.1) is 0 Å². The Bertz CT molecular complexity index is 803. The molecular formula is C22H32ClIN6. The molecule has 2 heterocycles. The summed E-state index contributed by atoms with van der Waals surface area (Å²) in [4.78, 5) is 13.4. The van der Waals surface area contributed by atoms with Crippen molar-refractivity contribution in [2.75, 3.05) is 38.6 Å². The highest BCUT2D eigenvalue weighted by molar-refractivity contribution is 14.0. The Morgan fingerprint density at radius 2 is 2.07 bits per heavy atom. The summed E-state index contributed by atoms with van der Waals surface area (Å²) < 4.78 is 0. The van der Waals surface area contributed by atoms with Gasteiger partial charge >= 0.3 is 0 Å². The van der Waals surface area contributed by atoms with E-state index in [0.29, 0.717) is 17.1 Å². The van der Waals surface area contributed by atoms with Gasteiger partial charge in [0.15, 0.2) is 5.96 Å². The molecule has 1 aromatic carbocycles. The minimum Gasteiger partial charge on any atom is -0.355 e. The van der Waals surface area contributed by atoms with Gasteiger partial charge in [0, 0.05) is 51.5 Å². The number of nitrogens with zero attached hydrogens (tertiary/aromatic N) is 4. The van der Waals surface area contributed by atoms with E-state index in [1.54, 1.807) is 6.20 Å². The van der Waals surface area contributed by atoms with E-state index in [0.717, 1.165) is 44.4 Å². The fraction of sp³-hybridized carbons (Fsp3) is 0.455. The number of halogens is 2. The Hall–Kier alpha value is -1.58. The van der Waals surface area contributed by atoms with Crippen LogP contribution >= 0.6 is 35.6 Å². The highest BCUT2D eigenvalue weighted by Crippen LogP contribution is 2.25. The van der Waals surface area contributed by atoms with E-state index in [9.17, 15) is 0 Å². The summed E-state index contributed by atoms with van der Waals surface area (Å²) >= 11 is 6.29. The second-order valence-corrected chi connectivity index (χ2v) is 7.99. The van der Waals surface area contributed by atoms with Crippen molar-refractivity contribution in [3.63, 3.8) is 0 Å². The third-order valence-corrected chi connectivity index (χ3v) is 5.68. The first-order chi connectivity index (χ1) is 14.1. The maximum Gasteiger partial charge on any atom is 0.191 e. The number of guanidine groups is 1. The van der Waals surface area contributed by atoms with Gasteiger partial charge in [0.1, 0.15) is 5.82 Å². The summed E-state index contributed by atoms with van der Waals surface area (Å²) in [5.41, 5.74) is 1.32. The molecule has 0 radical (unpaired) electrons. The second kappa shape index (κ2) is 12.3. The number of anilines is 1. The van der Waals surface area contributed by atoms with E-state index in [1.807, 2.05) is 19.2 Å². The van der Waals surface area contributed by atoms with Crippen LogP contribution in [0.15, 0.2) is 53.7 Å². The van der Waals surface area contributed by atoms with Crippen molar-refractivity contribution in [1.82, 2.24) is 20.5 Å². The first kappa shape index (κ1) is 24.7. The molecule has 2 aromatic rings. The fourth-order valence-corrected chi connectivity index (χ4v) is 3.74. The number of aromatic nitrogens is 1. The molecule has 1 aliphatic heterocycles. The van der Waals surface area contributed by atoms with Crippen LogP contribution in [0.2, 0.25) is 5.02 Å². The molecule has 2 N–H and O–H groups in total. The smallest absolute Gasteiger partial charge is 0.191 e. The molecule has 8 heteroatoms. The van der Waals surface area contributed by atoms with Gasteiger partial charge in [-0.05, 0) is 38.1 Å². The predicted molar refractivity (Wildman–Crippen MR) is 137 cm³/mol. The van der Waals surface area contributed by atoms with E-state index in [-0.39, 0.29) is 24.0 Å². The van der Waals surface area contributed by atoms with E-state index in [2.05, 4.69) is 74.7 Å². The molecule has 1 aliphatic rings. The monoisotopic (exact) mass is 542 g/mol. The Balaban J connectivity index is 0.00000320. The summed E-state index contributed by atoms with van der Waals surface area (Å²) in [5.74, 6) is 1.70. The van der Waals surface area contributed by atoms with Gasteiger partial charge in [-0.15, -0.1) is 24.0 Å². The van der Waals surface area contributed by atoms with Crippen molar-refractivity contribution in [2.45, 2.75) is 32.0 Å². The molecule has 3 rings (SSSR count). The SMILES string of the molecule is CN=C(NCC(C)N(C)Cc1ccccc1)NC1CCN(c2ncccc2Cl)C1.I. The molecule has 2 atom stereocenters. The molecule has 2 unspecified atom stereocenters. The quantitative estimate of drug-likeness (QED) is 0.318. The van der Waals surface area contributed by atoms with E-state index in [1.165, 1.54) is 5.56 Å². The van der Waals surface area contributed by atoms with Crippen molar-refractivity contribution >= 4 is 47.4 Å². The zero-order chi connectivity index (χ0) is 20.6. The average Bonchev–Trinajstić information content (AvgIpc) is 3.20. The third-order valence-electron chi connectivity index (χ3n) is 5.38. The largest absolute Gasteiger partial charge is 0.355 e. The van der Waals surface area contributed by atoms with Gasteiger partial charge in [-0.25, -0.2) is 4.98 Å². The van der Waals surface area contributed by atoms with Gasteiger partial charge in [-0.1, -0.05) is 41.9 Å². The van der Waals surface area contributed by atoms with Gasteiger partial charge < -0.3 is 15.5 Å². The van der Waals surface area contributed by atoms with Crippen molar-refractivity contribution < 1.29 is 0 Å². The van der Waals surface area contributed by atoms with Gasteiger partial charge in [0.25, 0.3) is 0 Å². The number of benzene rings is 1. The highest BCUT2D eigenvalue weighted by atomic mass is 127. The van der Waals surface area contributed by atoms with Crippen molar-refractivity contribution in [3.8, 4) is 0 Å². The third kappa shape index (κ3) is 6.99. The van der Waals surface area contributed by atoms with E-state index >= 15 is 0 Å². The Morgan fingerprint density at radius 1 is 1.30 bits per heavy atom. The lowest BCUT2D eigenvalue weighted by Crippen LogP contribution is -2.48. The van der Waals surface area contributed by atoms with Crippen molar-refractivity contribution in [3.05, 3.63) is 59.2 Å². The van der Waals surface area contributed by atoms with Crippen LogP contribution in [0.1, 0.15) is 18.9 Å². The molecule has 30 heavy (non-hydrogen) atoms. The fourth-order valence-electron chi connectivity index (χ4n) is 3.50. The molecule has 1 aromatic heterocycles. The highest BCUT2D eigenvalue weighted by Gasteiger charge is 2.25. The lowest BCUT2D eigenvalue weighted by atomic mass is 10.2. The lowest BCUT2D eigenvalue weighted by molar-refractivity contribution is 0.249. The maximum atomic E-state index is 6.29. The molecule has 1 fully saturated rings. The molecule has 1 saturated heterocycles. The standard InChI is InChI=1S/C22H31ClN6.HI/c1-17(28(3)15-18-8-5-4-6-9-18)14-26-22(24-2)27-19-11-13-29(16-19)21-20(23)10-7-12-25-21;/h4-10,12,17,19H,11,13-16H2,1-3H3,(H2,24,26,27);1H. The van der Waals surface area contributed by atoms with Gasteiger partial charge in [-0.2, -0.15) is 0 Å². The normalized spacial score (nSPS) is 17.6. The van der Waals surface area contributed by atoms with Crippen LogP contribution in [0.5, 0.6) is 0 Å². The second-order valence-electron chi connectivity index (χ2n) is 7.59. The number of nitrogens with one attached hydrogen (secondary N) is 2. The van der Waals surface area contributed by atoms with Crippen LogP contribution < -0.4 is 15.5 Å². The first-order valence-electron chi connectivity index (χ1n) is 10.1. The number of hydrogen-bond donors (Lipinski definition) is 2. The zero-order valence-electron chi connectivity index (χ0n) is 17.9. The average molecular weight is 543 g/mol. The molecule has 0 bridgehead atoms. The van der Waals surface area contributed by atoms with Crippen molar-refractivity contribution in [2.24, 2.45) is 4.99 Å². The minimum atomic E-state index is 0. The molecule has 0 saturated carbocycles. The summed E-state index contributed by atoms with van der Waals surface area (Å²) in [6, 6.07) is 15.0. The molecule has 0 aliphatic carbocycles. The van der Waals surface area contributed by atoms with Crippen LogP contribution in [0.4, 0.5) is 5.82 Å². The Morgan fingerprint density at radius 3 is 2.77 bits per heavy atom. The molecule has 6 nitrogen and oxygen atoms in total. The van der Waals surface area contributed by atoms with Crippen LogP contribution in [-0.2, 0) is 6.54 Å². The number of pyridine rings is 1. The molecule has 0 amide bonds. The lowest BCUT2D eigenvalue weighted by Gasteiger charge is -2.26. The Labute approximate surface area is 202 Å². The summed E-state index contributed by atoms with van der Waals surface area (Å²) in [7, 11) is 3.97. The first-order valence-corrected chi connectivity index (χ1v) is 10.5. The number of aliphatic imine (C=N–C) groups is 1. The van der Waals surface area contributed by atoms with Crippen LogP contribution in [0.3, 0.4) is 0 Å². The van der Waals surface area contributed by atoms with Crippen LogP contribution in [0.25, 0.3) is 0 Å². The van der Waals surface area contributed by atoms with Gasteiger partial charge in [0.05, 0.1) is 5.02 Å². The zero-order valence-corrected chi connectivity index (χ0v) is 21.0. The van der Waals surface area contributed by atoms with Crippen LogP contribution in [-0.4, -0.2) is 61.7 Å². The number of likely N-dealkylation sites (N-methyl/N-ethyl adjacent to an activating group) is 1. The topological polar surface area (TPSA) is 55.8 Å². The minimum absolute atomic E-state index is 0. The van der Waals surface area contributed by atoms with E-state index in [4.69, 9.17) is 11.6 Å². The summed E-state index contributed by atoms with van der Waals surface area (Å²) in [6.07, 6.45) is 2.81. The summed E-state index contributed by atoms with van der Waals surface area (Å²) in [5, 5.41) is 7.70. The molecule has 164 valence electrons. The van der Waals surface area contributed by atoms with Crippen molar-refractivity contribution in [1.29, 1.82) is 0 Å². The van der Waals surface area contributed by atoms with Gasteiger partial charge in [0.2, 0.25) is 0 Å². The summed E-state index contributed by atoms with van der Waals surface area (Å²) in [6.45, 7) is 5.77. The number of hydrogen-bond acceptors (Lipinski definition) is 4. The molecular weight excluding hydrogens is 511 g/mol. The maximum absolute atomic E-state index is 6.29. The molecule has 0 spiro atoms. The number of rotatable bonds is 7. The Kier molecular flexibility index (Phi) is 10.1. The predicted octanol–water partition coefficient (Wildman–Crippen LogP) is 3.62. The van der Waals surface area contributed by atoms with Gasteiger partial charge in [-0.3, -0.25) is 9.89 Å².